The van der Waals surface area contributed by atoms with Gasteiger partial charge in [-0.3, -0.25) is 4.79 Å². The summed E-state index contributed by atoms with van der Waals surface area (Å²) in [4.78, 5) is 16.6. The van der Waals surface area contributed by atoms with Crippen LogP contribution in [0.1, 0.15) is 16.1 Å². The zero-order valence-electron chi connectivity index (χ0n) is 13.4. The summed E-state index contributed by atoms with van der Waals surface area (Å²) >= 11 is 1.56. The van der Waals surface area contributed by atoms with Crippen LogP contribution in [0.4, 0.5) is 0 Å². The van der Waals surface area contributed by atoms with Gasteiger partial charge in [-0.15, -0.1) is 11.3 Å². The molecule has 0 unspecified atom stereocenters. The first-order valence-electron chi connectivity index (χ1n) is 7.66. The van der Waals surface area contributed by atoms with E-state index in [1.807, 2.05) is 47.8 Å². The molecule has 0 aliphatic rings. The van der Waals surface area contributed by atoms with Crippen molar-refractivity contribution in [1.82, 2.24) is 10.3 Å². The number of methoxy groups -OCH3 is 1. The van der Waals surface area contributed by atoms with Crippen LogP contribution in [0.15, 0.2) is 59.4 Å². The van der Waals surface area contributed by atoms with Crippen LogP contribution in [0.3, 0.4) is 0 Å². The predicted octanol–water partition coefficient (Wildman–Crippen LogP) is 3.79. The van der Waals surface area contributed by atoms with E-state index in [1.54, 1.807) is 30.0 Å². The van der Waals surface area contributed by atoms with Crippen molar-refractivity contribution in [3.05, 3.63) is 70.7 Å². The van der Waals surface area contributed by atoms with E-state index in [0.717, 1.165) is 29.0 Å². The maximum atomic E-state index is 12.4. The first-order chi connectivity index (χ1) is 11.8. The van der Waals surface area contributed by atoms with Crippen molar-refractivity contribution < 1.29 is 9.53 Å². The second-order valence-electron chi connectivity index (χ2n) is 5.27. The minimum absolute atomic E-state index is 0.0925. The number of aromatic nitrogens is 1. The van der Waals surface area contributed by atoms with Crippen LogP contribution < -0.4 is 10.1 Å². The third-order valence-electron chi connectivity index (χ3n) is 3.70. The largest absolute Gasteiger partial charge is 0.496 e. The van der Waals surface area contributed by atoms with Gasteiger partial charge >= 0.3 is 0 Å². The minimum Gasteiger partial charge on any atom is -0.496 e. The number of carbonyl (C=O) groups is 1. The van der Waals surface area contributed by atoms with Gasteiger partial charge in [-0.05, 0) is 23.8 Å². The molecule has 0 fully saturated rings. The summed E-state index contributed by atoms with van der Waals surface area (Å²) in [6.07, 6.45) is 0.733. The van der Waals surface area contributed by atoms with Gasteiger partial charge in [0.2, 0.25) is 0 Å². The van der Waals surface area contributed by atoms with Gasteiger partial charge in [-0.25, -0.2) is 4.98 Å². The molecule has 0 spiro atoms. The number of hydrogen-bond donors (Lipinski definition) is 1. The third-order valence-corrected chi connectivity index (χ3v) is 4.33. The van der Waals surface area contributed by atoms with Gasteiger partial charge in [-0.1, -0.05) is 30.3 Å². The number of rotatable bonds is 6. The number of nitrogens with zero attached hydrogens (tertiary/aromatic N) is 1. The van der Waals surface area contributed by atoms with Gasteiger partial charge in [0.05, 0.1) is 18.3 Å². The van der Waals surface area contributed by atoms with E-state index in [9.17, 15) is 4.79 Å². The van der Waals surface area contributed by atoms with E-state index in [1.165, 1.54) is 0 Å². The predicted molar refractivity (Wildman–Crippen MR) is 96.6 cm³/mol. The van der Waals surface area contributed by atoms with Crippen molar-refractivity contribution in [1.29, 1.82) is 0 Å². The fourth-order valence-corrected chi connectivity index (χ4v) is 3.05. The zero-order valence-corrected chi connectivity index (χ0v) is 14.2. The highest BCUT2D eigenvalue weighted by atomic mass is 32.1. The summed E-state index contributed by atoms with van der Waals surface area (Å²) < 4.78 is 5.43. The lowest BCUT2D eigenvalue weighted by molar-refractivity contribution is 0.0954. The lowest BCUT2D eigenvalue weighted by Gasteiger charge is -2.11. The van der Waals surface area contributed by atoms with Crippen LogP contribution in [-0.4, -0.2) is 24.5 Å². The summed E-state index contributed by atoms with van der Waals surface area (Å²) in [5.41, 5.74) is 5.34. The molecule has 5 heteroatoms. The molecule has 0 saturated carbocycles. The van der Waals surface area contributed by atoms with Gasteiger partial charge in [0.1, 0.15) is 5.75 Å². The highest BCUT2D eigenvalue weighted by molar-refractivity contribution is 7.07. The van der Waals surface area contributed by atoms with Crippen molar-refractivity contribution in [2.45, 2.75) is 6.42 Å². The Kier molecular flexibility index (Phi) is 5.23. The Balaban J connectivity index is 1.74. The van der Waals surface area contributed by atoms with Gasteiger partial charge in [0, 0.05) is 29.5 Å². The first kappa shape index (κ1) is 16.2. The number of ether oxygens (including phenoxy) is 1. The van der Waals surface area contributed by atoms with Crippen LogP contribution in [0.2, 0.25) is 0 Å². The Bertz CT molecular complexity index is 801. The standard InChI is InChI=1S/C19H18N2O2S/c1-23-18-8-7-15(11-17(18)14-5-3-2-4-6-14)19(22)20-10-9-16-12-24-13-21-16/h2-8,11-13H,9-10H2,1H3,(H,20,22). The molecule has 4 nitrogen and oxygen atoms in total. The molecule has 1 heterocycles. The van der Waals surface area contributed by atoms with Crippen LogP contribution in [0.25, 0.3) is 11.1 Å². The normalized spacial score (nSPS) is 10.4. The second kappa shape index (κ2) is 7.75. The van der Waals surface area contributed by atoms with Gasteiger partial charge in [0.15, 0.2) is 0 Å². The molecular weight excluding hydrogens is 320 g/mol. The van der Waals surface area contributed by atoms with Crippen molar-refractivity contribution >= 4 is 17.2 Å². The fourth-order valence-electron chi connectivity index (χ4n) is 2.46. The molecule has 1 N–H and O–H groups in total. The summed E-state index contributed by atoms with van der Waals surface area (Å²) in [6, 6.07) is 15.4. The number of benzene rings is 2. The van der Waals surface area contributed by atoms with Crippen molar-refractivity contribution in [2.24, 2.45) is 0 Å². The molecule has 122 valence electrons. The van der Waals surface area contributed by atoms with Crippen molar-refractivity contribution in [2.75, 3.05) is 13.7 Å². The molecule has 0 radical (unpaired) electrons. The molecule has 3 rings (SSSR count). The maximum Gasteiger partial charge on any atom is 0.251 e. The maximum absolute atomic E-state index is 12.4. The zero-order chi connectivity index (χ0) is 16.8. The van der Waals surface area contributed by atoms with Gasteiger partial charge in [-0.2, -0.15) is 0 Å². The molecule has 0 saturated heterocycles. The average Bonchev–Trinajstić information content (AvgIpc) is 3.15. The quantitative estimate of drug-likeness (QED) is 0.744. The molecule has 2 aromatic carbocycles. The summed E-state index contributed by atoms with van der Waals surface area (Å²) in [5.74, 6) is 0.658. The van der Waals surface area contributed by atoms with Crippen LogP contribution in [-0.2, 0) is 6.42 Å². The SMILES string of the molecule is COc1ccc(C(=O)NCCc2cscn2)cc1-c1ccccc1. The number of amides is 1. The van der Waals surface area contributed by atoms with E-state index in [0.29, 0.717) is 12.1 Å². The van der Waals surface area contributed by atoms with Gasteiger partial charge in [0.25, 0.3) is 5.91 Å². The lowest BCUT2D eigenvalue weighted by atomic mass is 10.0. The highest BCUT2D eigenvalue weighted by Crippen LogP contribution is 2.30. The van der Waals surface area contributed by atoms with Crippen LogP contribution >= 0.6 is 11.3 Å². The molecule has 0 bridgehead atoms. The Labute approximate surface area is 145 Å². The monoisotopic (exact) mass is 338 g/mol. The fraction of sp³-hybridized carbons (Fsp3) is 0.158. The van der Waals surface area contributed by atoms with Gasteiger partial charge < -0.3 is 10.1 Å². The molecule has 0 aliphatic heterocycles. The Morgan fingerprint density at radius 2 is 2.04 bits per heavy atom. The van der Waals surface area contributed by atoms with Crippen molar-refractivity contribution in [3.8, 4) is 16.9 Å². The molecule has 1 amide bonds. The highest BCUT2D eigenvalue weighted by Gasteiger charge is 2.11. The smallest absolute Gasteiger partial charge is 0.251 e. The number of carbonyl (C=O) groups excluding carboxylic acids is 1. The minimum atomic E-state index is -0.0925. The lowest BCUT2D eigenvalue weighted by Crippen LogP contribution is -2.25. The van der Waals surface area contributed by atoms with Crippen LogP contribution in [0, 0.1) is 0 Å². The number of nitrogens with one attached hydrogen (secondary N) is 1. The molecule has 1 aromatic heterocycles. The topological polar surface area (TPSA) is 51.2 Å². The molecular formula is C19H18N2O2S. The summed E-state index contributed by atoms with van der Waals surface area (Å²) in [7, 11) is 1.63. The van der Waals surface area contributed by atoms with Crippen molar-refractivity contribution in [3.63, 3.8) is 0 Å². The van der Waals surface area contributed by atoms with E-state index in [-0.39, 0.29) is 5.91 Å². The Hall–Kier alpha value is -2.66. The Morgan fingerprint density at radius 1 is 1.21 bits per heavy atom. The van der Waals surface area contributed by atoms with E-state index in [2.05, 4.69) is 10.3 Å². The number of thiazole rings is 1. The van der Waals surface area contributed by atoms with E-state index >= 15 is 0 Å². The average molecular weight is 338 g/mol. The number of hydrogen-bond acceptors (Lipinski definition) is 4. The molecule has 0 aliphatic carbocycles. The molecule has 3 aromatic rings. The summed E-state index contributed by atoms with van der Waals surface area (Å²) in [5, 5.41) is 4.93. The second-order valence-corrected chi connectivity index (χ2v) is 5.99. The third kappa shape index (κ3) is 3.81. The summed E-state index contributed by atoms with van der Waals surface area (Å²) in [6.45, 7) is 0.565. The molecule has 24 heavy (non-hydrogen) atoms. The Morgan fingerprint density at radius 3 is 2.75 bits per heavy atom. The molecule has 0 atom stereocenters. The van der Waals surface area contributed by atoms with Crippen LogP contribution in [0.5, 0.6) is 5.75 Å². The van der Waals surface area contributed by atoms with E-state index < -0.39 is 0 Å². The van der Waals surface area contributed by atoms with E-state index in [4.69, 9.17) is 4.74 Å². The first-order valence-corrected chi connectivity index (χ1v) is 8.61.